The number of unbranched alkanes of at least 4 members (excludes halogenated alkanes) is 3. The summed E-state index contributed by atoms with van der Waals surface area (Å²) in [6.07, 6.45) is 5.84. The normalized spacial score (nSPS) is 34.0. The van der Waals surface area contributed by atoms with Crippen molar-refractivity contribution in [3.63, 3.8) is 0 Å². The van der Waals surface area contributed by atoms with Crippen molar-refractivity contribution >= 4 is 45.5 Å². The first-order valence-electron chi connectivity index (χ1n) is 12.0. The molecule has 3 aliphatic rings. The van der Waals surface area contributed by atoms with Gasteiger partial charge < -0.3 is 20.1 Å². The fraction of sp³-hybridized carbons (Fsp3) is 0.870. The zero-order valence-corrected chi connectivity index (χ0v) is 21.8. The molecule has 2 N–H and O–H groups in total. The lowest BCUT2D eigenvalue weighted by molar-refractivity contribution is -0.153. The number of fused-ring (bicyclic) bond motifs is 1. The molecule has 3 heterocycles. The standard InChI is InChI=1S/C23H37BrN2O5S/c1-4-10-14(3)25-20(28)19-23-13-15(24)18(32-23)16(22(30)31-5-2)17(23)21(29)26(19)11-8-6-7-9-12-27/h14-19,27H,4-13H2,1-3H3,(H,25,28)/t14?,15?,16-,17-,18-,19?,23?/m0/s1. The van der Waals surface area contributed by atoms with Gasteiger partial charge in [-0.2, -0.15) is 0 Å². The molecule has 2 amide bonds. The van der Waals surface area contributed by atoms with Crippen molar-refractivity contribution in [2.75, 3.05) is 19.8 Å². The summed E-state index contributed by atoms with van der Waals surface area (Å²) in [6, 6.07) is -0.541. The van der Waals surface area contributed by atoms with E-state index in [9.17, 15) is 14.4 Å². The number of nitrogens with zero attached hydrogens (tertiary/aromatic N) is 1. The molecule has 9 heteroatoms. The average molecular weight is 534 g/mol. The number of amides is 2. The van der Waals surface area contributed by atoms with Gasteiger partial charge in [-0.05, 0) is 39.5 Å². The minimum atomic E-state index is -0.603. The summed E-state index contributed by atoms with van der Waals surface area (Å²) < 4.78 is 4.76. The van der Waals surface area contributed by atoms with Gasteiger partial charge in [0.25, 0.3) is 0 Å². The molecule has 3 fully saturated rings. The molecular weight excluding hydrogens is 496 g/mol. The number of hydrogen-bond donors (Lipinski definition) is 2. The van der Waals surface area contributed by atoms with Crippen molar-refractivity contribution < 1.29 is 24.2 Å². The van der Waals surface area contributed by atoms with Gasteiger partial charge in [0.05, 0.1) is 23.2 Å². The van der Waals surface area contributed by atoms with E-state index in [-0.39, 0.29) is 47.1 Å². The number of aliphatic hydroxyl groups is 1. The maximum Gasteiger partial charge on any atom is 0.310 e. The van der Waals surface area contributed by atoms with E-state index in [1.807, 2.05) is 6.92 Å². The maximum atomic E-state index is 13.7. The van der Waals surface area contributed by atoms with E-state index >= 15 is 0 Å². The van der Waals surface area contributed by atoms with Gasteiger partial charge in [-0.1, -0.05) is 42.1 Å². The van der Waals surface area contributed by atoms with Crippen LogP contribution < -0.4 is 5.32 Å². The Morgan fingerprint density at radius 1 is 1.31 bits per heavy atom. The molecule has 0 aliphatic carbocycles. The van der Waals surface area contributed by atoms with Crippen molar-refractivity contribution in [1.82, 2.24) is 10.2 Å². The molecule has 0 aromatic rings. The van der Waals surface area contributed by atoms with Crippen LogP contribution in [-0.4, -0.2) is 74.5 Å². The predicted molar refractivity (Wildman–Crippen MR) is 129 cm³/mol. The minimum absolute atomic E-state index is 0.0358. The van der Waals surface area contributed by atoms with Gasteiger partial charge in [-0.15, -0.1) is 11.8 Å². The first kappa shape index (κ1) is 25.8. The van der Waals surface area contributed by atoms with E-state index in [2.05, 4.69) is 28.2 Å². The average Bonchev–Trinajstić information content (AvgIpc) is 3.32. The Kier molecular flexibility index (Phi) is 8.94. The molecule has 4 unspecified atom stereocenters. The van der Waals surface area contributed by atoms with Crippen molar-refractivity contribution in [2.24, 2.45) is 11.8 Å². The Bertz CT molecular complexity index is 710. The van der Waals surface area contributed by atoms with Crippen LogP contribution >= 0.6 is 27.7 Å². The highest BCUT2D eigenvalue weighted by atomic mass is 79.9. The summed E-state index contributed by atoms with van der Waals surface area (Å²) in [6.45, 7) is 6.81. The number of carbonyl (C=O) groups is 3. The van der Waals surface area contributed by atoms with Gasteiger partial charge in [0.2, 0.25) is 11.8 Å². The zero-order valence-electron chi connectivity index (χ0n) is 19.3. The maximum absolute atomic E-state index is 13.7. The van der Waals surface area contributed by atoms with Crippen LogP contribution in [0.5, 0.6) is 0 Å². The monoisotopic (exact) mass is 532 g/mol. The van der Waals surface area contributed by atoms with Crippen LogP contribution in [0.25, 0.3) is 0 Å². The van der Waals surface area contributed by atoms with Crippen molar-refractivity contribution in [1.29, 1.82) is 0 Å². The van der Waals surface area contributed by atoms with Crippen LogP contribution in [0.1, 0.15) is 65.7 Å². The van der Waals surface area contributed by atoms with Crippen LogP contribution in [0.3, 0.4) is 0 Å². The number of ether oxygens (including phenoxy) is 1. The first-order chi connectivity index (χ1) is 15.3. The topological polar surface area (TPSA) is 95.9 Å². The quantitative estimate of drug-likeness (QED) is 0.228. The lowest BCUT2D eigenvalue weighted by atomic mass is 9.71. The Labute approximate surface area is 203 Å². The molecule has 0 radical (unpaired) electrons. The Morgan fingerprint density at radius 3 is 2.69 bits per heavy atom. The second-order valence-electron chi connectivity index (χ2n) is 9.28. The third-order valence-corrected chi connectivity index (χ3v) is 10.2. The van der Waals surface area contributed by atoms with E-state index in [1.54, 1.807) is 23.6 Å². The highest BCUT2D eigenvalue weighted by molar-refractivity contribution is 9.09. The summed E-state index contributed by atoms with van der Waals surface area (Å²) in [5, 5.41) is 12.1. The molecule has 3 saturated heterocycles. The zero-order chi connectivity index (χ0) is 23.5. The number of thioether (sulfide) groups is 1. The van der Waals surface area contributed by atoms with E-state index in [1.165, 1.54) is 0 Å². The molecule has 3 aliphatic heterocycles. The van der Waals surface area contributed by atoms with Gasteiger partial charge in [0.1, 0.15) is 6.04 Å². The molecule has 32 heavy (non-hydrogen) atoms. The summed E-state index contributed by atoms with van der Waals surface area (Å²) >= 11 is 5.39. The molecule has 0 aromatic carbocycles. The van der Waals surface area contributed by atoms with Gasteiger partial charge in [-0.3, -0.25) is 14.4 Å². The van der Waals surface area contributed by atoms with Gasteiger partial charge in [0, 0.05) is 29.3 Å². The molecule has 1 spiro atoms. The molecular formula is C23H37BrN2O5S. The SMILES string of the molecule is CCCC(C)NC(=O)C1N(CCCCCCO)C(=O)[C@@H]2[C@H](C(=O)OCC)[C@H]3SC12CC3Br. The lowest BCUT2D eigenvalue weighted by Gasteiger charge is -2.35. The largest absolute Gasteiger partial charge is 0.466 e. The fourth-order valence-corrected chi connectivity index (χ4v) is 9.35. The molecule has 7 atom stereocenters. The van der Waals surface area contributed by atoms with Crippen LogP contribution in [0, 0.1) is 11.8 Å². The van der Waals surface area contributed by atoms with Crippen LogP contribution in [0.4, 0.5) is 0 Å². The summed E-state index contributed by atoms with van der Waals surface area (Å²) in [7, 11) is 0. The van der Waals surface area contributed by atoms with E-state index in [4.69, 9.17) is 9.84 Å². The third-order valence-electron chi connectivity index (χ3n) is 7.01. The number of hydrogen-bond acceptors (Lipinski definition) is 6. The van der Waals surface area contributed by atoms with Crippen molar-refractivity contribution in [2.45, 2.75) is 92.6 Å². The molecule has 7 nitrogen and oxygen atoms in total. The Balaban J connectivity index is 1.88. The number of halogens is 1. The first-order valence-corrected chi connectivity index (χ1v) is 13.8. The molecule has 2 bridgehead atoms. The van der Waals surface area contributed by atoms with E-state index in [0.29, 0.717) is 13.0 Å². The lowest BCUT2D eigenvalue weighted by Crippen LogP contribution is -2.55. The van der Waals surface area contributed by atoms with Gasteiger partial charge in [-0.25, -0.2) is 0 Å². The van der Waals surface area contributed by atoms with E-state index in [0.717, 1.165) is 38.5 Å². The number of carbonyl (C=O) groups excluding carboxylic acids is 3. The molecule has 0 saturated carbocycles. The number of esters is 1. The summed E-state index contributed by atoms with van der Waals surface area (Å²) in [5.74, 6) is -1.54. The summed E-state index contributed by atoms with van der Waals surface area (Å²) in [4.78, 5) is 42.0. The number of rotatable bonds is 12. The second-order valence-corrected chi connectivity index (χ2v) is 12.0. The Morgan fingerprint density at radius 2 is 2.03 bits per heavy atom. The Hall–Kier alpha value is -0.800. The van der Waals surface area contributed by atoms with Crippen LogP contribution in [0.15, 0.2) is 0 Å². The number of aliphatic hydroxyl groups excluding tert-OH is 1. The van der Waals surface area contributed by atoms with E-state index < -0.39 is 22.6 Å². The summed E-state index contributed by atoms with van der Waals surface area (Å²) in [5.41, 5.74) is 0. The smallest absolute Gasteiger partial charge is 0.310 e. The van der Waals surface area contributed by atoms with Crippen molar-refractivity contribution in [3.8, 4) is 0 Å². The van der Waals surface area contributed by atoms with Gasteiger partial charge in [0.15, 0.2) is 0 Å². The third kappa shape index (κ3) is 4.71. The van der Waals surface area contributed by atoms with Crippen LogP contribution in [-0.2, 0) is 19.1 Å². The fourth-order valence-electron chi connectivity index (χ4n) is 5.75. The molecule has 182 valence electrons. The van der Waals surface area contributed by atoms with Gasteiger partial charge >= 0.3 is 5.97 Å². The van der Waals surface area contributed by atoms with Crippen LogP contribution in [0.2, 0.25) is 0 Å². The minimum Gasteiger partial charge on any atom is -0.466 e. The number of alkyl halides is 1. The number of likely N-dealkylation sites (tertiary alicyclic amines) is 1. The number of nitrogens with one attached hydrogen (secondary N) is 1. The van der Waals surface area contributed by atoms with Crippen molar-refractivity contribution in [3.05, 3.63) is 0 Å². The highest BCUT2D eigenvalue weighted by Crippen LogP contribution is 2.67. The second kappa shape index (κ2) is 11.1. The molecule has 3 rings (SSSR count). The molecule has 0 aromatic heterocycles. The highest BCUT2D eigenvalue weighted by Gasteiger charge is 2.75. The predicted octanol–water partition coefficient (Wildman–Crippen LogP) is 2.87.